The zero-order valence-corrected chi connectivity index (χ0v) is 12.5. The molecule has 0 spiro atoms. The van der Waals surface area contributed by atoms with Gasteiger partial charge in [0.1, 0.15) is 0 Å². The first kappa shape index (κ1) is 13.9. The van der Waals surface area contributed by atoms with Gasteiger partial charge in [0, 0.05) is 21.7 Å². The number of nitrogens with one attached hydrogen (secondary N) is 1. The van der Waals surface area contributed by atoms with Gasteiger partial charge in [-0.25, -0.2) is 0 Å². The molecule has 0 heterocycles. The molecular weight excluding hydrogens is 286 g/mol. The van der Waals surface area contributed by atoms with Gasteiger partial charge < -0.3 is 5.32 Å². The summed E-state index contributed by atoms with van der Waals surface area (Å²) in [4.78, 5) is 0. The van der Waals surface area contributed by atoms with Crippen LogP contribution in [0.4, 0.5) is 5.69 Å². The summed E-state index contributed by atoms with van der Waals surface area (Å²) in [5.74, 6) is 0.692. The number of anilines is 1. The standard InChI is InChI=1S/C13H19BrClN/c1-4-5-9(2)8-16-13-7-12(15)10(3)6-11(13)14/h6-7,9,16H,4-5,8H2,1-3H3. The van der Waals surface area contributed by atoms with Crippen LogP contribution >= 0.6 is 27.5 Å². The van der Waals surface area contributed by atoms with Crippen molar-refractivity contribution >= 4 is 33.2 Å². The van der Waals surface area contributed by atoms with Gasteiger partial charge in [-0.1, -0.05) is 31.9 Å². The van der Waals surface area contributed by atoms with E-state index >= 15 is 0 Å². The van der Waals surface area contributed by atoms with E-state index in [1.807, 2.05) is 13.0 Å². The average molecular weight is 305 g/mol. The van der Waals surface area contributed by atoms with Crippen LogP contribution in [0.15, 0.2) is 16.6 Å². The number of hydrogen-bond acceptors (Lipinski definition) is 1. The van der Waals surface area contributed by atoms with Crippen LogP contribution in [0.1, 0.15) is 32.3 Å². The number of hydrogen-bond donors (Lipinski definition) is 1. The summed E-state index contributed by atoms with van der Waals surface area (Å²) in [5, 5.41) is 4.25. The van der Waals surface area contributed by atoms with Crippen LogP contribution < -0.4 is 5.32 Å². The van der Waals surface area contributed by atoms with E-state index in [9.17, 15) is 0 Å². The molecule has 1 atom stereocenters. The highest BCUT2D eigenvalue weighted by Crippen LogP contribution is 2.29. The van der Waals surface area contributed by atoms with Crippen molar-refractivity contribution in [2.45, 2.75) is 33.6 Å². The van der Waals surface area contributed by atoms with E-state index in [1.165, 1.54) is 12.8 Å². The molecule has 0 aliphatic rings. The summed E-state index contributed by atoms with van der Waals surface area (Å²) in [7, 11) is 0. The van der Waals surface area contributed by atoms with Crippen molar-refractivity contribution in [3.8, 4) is 0 Å². The second kappa shape index (κ2) is 6.51. The molecule has 0 bridgehead atoms. The minimum atomic E-state index is 0.692. The maximum Gasteiger partial charge on any atom is 0.0499 e. The Bertz CT molecular complexity index is 352. The van der Waals surface area contributed by atoms with Crippen molar-refractivity contribution in [1.29, 1.82) is 0 Å². The van der Waals surface area contributed by atoms with Crippen LogP contribution in [0.5, 0.6) is 0 Å². The fourth-order valence-electron chi connectivity index (χ4n) is 1.66. The van der Waals surface area contributed by atoms with Gasteiger partial charge in [0.2, 0.25) is 0 Å². The van der Waals surface area contributed by atoms with Gasteiger partial charge in [-0.2, -0.15) is 0 Å². The maximum atomic E-state index is 6.10. The number of aryl methyl sites for hydroxylation is 1. The number of halogens is 2. The molecule has 0 fully saturated rings. The lowest BCUT2D eigenvalue weighted by molar-refractivity contribution is 0.550. The summed E-state index contributed by atoms with van der Waals surface area (Å²) in [5.41, 5.74) is 2.18. The largest absolute Gasteiger partial charge is 0.384 e. The summed E-state index contributed by atoms with van der Waals surface area (Å²) in [6.07, 6.45) is 2.49. The highest BCUT2D eigenvalue weighted by atomic mass is 79.9. The predicted octanol–water partition coefficient (Wildman–Crippen LogP) is 5.26. The molecule has 1 nitrogen and oxygen atoms in total. The summed E-state index contributed by atoms with van der Waals surface area (Å²) >= 11 is 9.65. The normalized spacial score (nSPS) is 12.6. The molecule has 0 aromatic heterocycles. The molecule has 0 saturated carbocycles. The molecule has 1 unspecified atom stereocenters. The number of benzene rings is 1. The average Bonchev–Trinajstić information content (AvgIpc) is 2.22. The highest BCUT2D eigenvalue weighted by Gasteiger charge is 2.05. The van der Waals surface area contributed by atoms with Crippen LogP contribution in [0, 0.1) is 12.8 Å². The first-order chi connectivity index (χ1) is 7.54. The Morgan fingerprint density at radius 3 is 2.75 bits per heavy atom. The van der Waals surface area contributed by atoms with Crippen molar-refractivity contribution in [3.05, 3.63) is 27.2 Å². The number of rotatable bonds is 5. The van der Waals surface area contributed by atoms with E-state index < -0.39 is 0 Å². The Balaban J connectivity index is 2.63. The van der Waals surface area contributed by atoms with Gasteiger partial charge in [0.25, 0.3) is 0 Å². The van der Waals surface area contributed by atoms with Crippen molar-refractivity contribution in [2.24, 2.45) is 5.92 Å². The third-order valence-electron chi connectivity index (χ3n) is 2.67. The zero-order chi connectivity index (χ0) is 12.1. The lowest BCUT2D eigenvalue weighted by Crippen LogP contribution is -2.11. The predicted molar refractivity (Wildman–Crippen MR) is 76.5 cm³/mol. The Morgan fingerprint density at radius 2 is 2.12 bits per heavy atom. The highest BCUT2D eigenvalue weighted by molar-refractivity contribution is 9.10. The lowest BCUT2D eigenvalue weighted by Gasteiger charge is -2.14. The molecular formula is C13H19BrClN. The minimum Gasteiger partial charge on any atom is -0.384 e. The Kier molecular flexibility index (Phi) is 5.63. The van der Waals surface area contributed by atoms with E-state index in [2.05, 4.69) is 41.2 Å². The van der Waals surface area contributed by atoms with Gasteiger partial charge in [-0.3, -0.25) is 0 Å². The fourth-order valence-corrected chi connectivity index (χ4v) is 2.42. The van der Waals surface area contributed by atoms with E-state index in [4.69, 9.17) is 11.6 Å². The van der Waals surface area contributed by atoms with E-state index in [0.29, 0.717) is 5.92 Å². The molecule has 0 radical (unpaired) electrons. The van der Waals surface area contributed by atoms with Crippen LogP contribution in [0.2, 0.25) is 5.02 Å². The molecule has 1 N–H and O–H groups in total. The Labute approximate surface area is 112 Å². The Hall–Kier alpha value is -0.210. The second-order valence-corrected chi connectivity index (χ2v) is 5.62. The van der Waals surface area contributed by atoms with Crippen molar-refractivity contribution in [1.82, 2.24) is 0 Å². The smallest absolute Gasteiger partial charge is 0.0499 e. The summed E-state index contributed by atoms with van der Waals surface area (Å²) in [6.45, 7) is 7.48. The van der Waals surface area contributed by atoms with E-state index in [0.717, 1.165) is 27.3 Å². The first-order valence-corrected chi connectivity index (χ1v) is 6.91. The lowest BCUT2D eigenvalue weighted by atomic mass is 10.1. The Morgan fingerprint density at radius 1 is 1.44 bits per heavy atom. The van der Waals surface area contributed by atoms with Crippen molar-refractivity contribution < 1.29 is 0 Å². The van der Waals surface area contributed by atoms with Gasteiger partial charge in [0.15, 0.2) is 0 Å². The minimum absolute atomic E-state index is 0.692. The molecule has 0 aliphatic carbocycles. The summed E-state index contributed by atoms with van der Waals surface area (Å²) < 4.78 is 1.08. The molecule has 16 heavy (non-hydrogen) atoms. The molecule has 90 valence electrons. The van der Waals surface area contributed by atoms with Crippen LogP contribution in [0.25, 0.3) is 0 Å². The third kappa shape index (κ3) is 3.99. The van der Waals surface area contributed by atoms with Gasteiger partial charge in [-0.15, -0.1) is 0 Å². The van der Waals surface area contributed by atoms with E-state index in [1.54, 1.807) is 0 Å². The van der Waals surface area contributed by atoms with E-state index in [-0.39, 0.29) is 0 Å². The van der Waals surface area contributed by atoms with Crippen LogP contribution in [0.3, 0.4) is 0 Å². The second-order valence-electron chi connectivity index (χ2n) is 4.36. The van der Waals surface area contributed by atoms with Crippen LogP contribution in [-0.4, -0.2) is 6.54 Å². The topological polar surface area (TPSA) is 12.0 Å². The molecule has 0 saturated heterocycles. The van der Waals surface area contributed by atoms with Gasteiger partial charge in [0.05, 0.1) is 0 Å². The van der Waals surface area contributed by atoms with Crippen molar-refractivity contribution in [3.63, 3.8) is 0 Å². The zero-order valence-electron chi connectivity index (χ0n) is 10.1. The molecule has 0 aliphatic heterocycles. The molecule has 0 amide bonds. The molecule has 1 rings (SSSR count). The van der Waals surface area contributed by atoms with Crippen LogP contribution in [-0.2, 0) is 0 Å². The molecule has 1 aromatic rings. The SMILES string of the molecule is CCCC(C)CNc1cc(Cl)c(C)cc1Br. The molecule has 1 aromatic carbocycles. The fraction of sp³-hybridized carbons (Fsp3) is 0.538. The molecule has 3 heteroatoms. The van der Waals surface area contributed by atoms with Gasteiger partial charge >= 0.3 is 0 Å². The van der Waals surface area contributed by atoms with Crippen molar-refractivity contribution in [2.75, 3.05) is 11.9 Å². The quantitative estimate of drug-likeness (QED) is 0.782. The monoisotopic (exact) mass is 303 g/mol. The third-order valence-corrected chi connectivity index (χ3v) is 3.73. The first-order valence-electron chi connectivity index (χ1n) is 5.74. The maximum absolute atomic E-state index is 6.10. The van der Waals surface area contributed by atoms with Gasteiger partial charge in [-0.05, 0) is 52.9 Å². The summed E-state index contributed by atoms with van der Waals surface area (Å²) in [6, 6.07) is 4.04.